The molecule has 1 unspecified atom stereocenters. The van der Waals surface area contributed by atoms with Crippen LogP contribution in [0, 0.1) is 0 Å². The number of aliphatic hydroxyl groups excluding tert-OH is 1. The zero-order chi connectivity index (χ0) is 14.1. The molecule has 2 aromatic heterocycles. The van der Waals surface area contributed by atoms with E-state index in [1.54, 1.807) is 16.0 Å². The SMILES string of the molecule is CCc1nn(C)cc1C(O)Cc1csc2ccccc12. The maximum Gasteiger partial charge on any atom is 0.0864 e. The first-order chi connectivity index (χ1) is 9.69. The molecule has 0 aliphatic carbocycles. The third kappa shape index (κ3) is 2.37. The highest BCUT2D eigenvalue weighted by Crippen LogP contribution is 2.30. The number of nitrogens with zero attached hydrogens (tertiary/aromatic N) is 2. The first-order valence-corrected chi connectivity index (χ1v) is 7.72. The van der Waals surface area contributed by atoms with Gasteiger partial charge in [0, 0.05) is 29.9 Å². The number of aryl methyl sites for hydroxylation is 2. The molecule has 0 spiro atoms. The van der Waals surface area contributed by atoms with E-state index in [0.717, 1.165) is 17.7 Å². The molecule has 4 heteroatoms. The van der Waals surface area contributed by atoms with Crippen LogP contribution in [0.5, 0.6) is 0 Å². The zero-order valence-corrected chi connectivity index (χ0v) is 12.5. The number of aromatic nitrogens is 2. The topological polar surface area (TPSA) is 38.0 Å². The molecule has 0 saturated heterocycles. The number of rotatable bonds is 4. The minimum Gasteiger partial charge on any atom is -0.388 e. The van der Waals surface area contributed by atoms with Crippen LogP contribution in [0.25, 0.3) is 10.1 Å². The number of thiophene rings is 1. The molecule has 3 nitrogen and oxygen atoms in total. The fourth-order valence-corrected chi connectivity index (χ4v) is 3.59. The Morgan fingerprint density at radius 1 is 1.35 bits per heavy atom. The summed E-state index contributed by atoms with van der Waals surface area (Å²) in [5, 5.41) is 18.3. The van der Waals surface area contributed by atoms with Crippen LogP contribution in [-0.4, -0.2) is 14.9 Å². The molecule has 104 valence electrons. The van der Waals surface area contributed by atoms with Crippen LogP contribution in [0.4, 0.5) is 0 Å². The Labute approximate surface area is 122 Å². The van der Waals surface area contributed by atoms with Crippen LogP contribution < -0.4 is 0 Å². The fraction of sp³-hybridized carbons (Fsp3) is 0.312. The zero-order valence-electron chi connectivity index (χ0n) is 11.7. The standard InChI is InChI=1S/C16H18N2OS/c1-3-14-13(9-18(2)17-14)15(19)8-11-10-20-16-7-5-4-6-12(11)16/h4-7,9-10,15,19H,3,8H2,1-2H3. The van der Waals surface area contributed by atoms with E-state index >= 15 is 0 Å². The first-order valence-electron chi connectivity index (χ1n) is 6.84. The number of benzene rings is 1. The summed E-state index contributed by atoms with van der Waals surface area (Å²) in [4.78, 5) is 0. The molecule has 0 aliphatic rings. The van der Waals surface area contributed by atoms with Gasteiger partial charge in [-0.1, -0.05) is 25.1 Å². The third-order valence-corrected chi connectivity index (χ3v) is 4.62. The number of fused-ring (bicyclic) bond motifs is 1. The summed E-state index contributed by atoms with van der Waals surface area (Å²) >= 11 is 1.73. The molecule has 1 aromatic carbocycles. The van der Waals surface area contributed by atoms with Gasteiger partial charge in [0.15, 0.2) is 0 Å². The Balaban J connectivity index is 1.90. The summed E-state index contributed by atoms with van der Waals surface area (Å²) in [6.07, 6.45) is 2.93. The van der Waals surface area contributed by atoms with Crippen molar-refractivity contribution < 1.29 is 5.11 Å². The van der Waals surface area contributed by atoms with E-state index in [0.29, 0.717) is 6.42 Å². The van der Waals surface area contributed by atoms with Crippen molar-refractivity contribution in [3.63, 3.8) is 0 Å². The Morgan fingerprint density at radius 2 is 2.15 bits per heavy atom. The van der Waals surface area contributed by atoms with Crippen molar-refractivity contribution in [3.8, 4) is 0 Å². The monoisotopic (exact) mass is 286 g/mol. The van der Waals surface area contributed by atoms with E-state index in [9.17, 15) is 5.11 Å². The van der Waals surface area contributed by atoms with Crippen molar-refractivity contribution in [1.82, 2.24) is 9.78 Å². The van der Waals surface area contributed by atoms with E-state index in [1.807, 2.05) is 19.3 Å². The highest BCUT2D eigenvalue weighted by Gasteiger charge is 2.17. The molecule has 0 fully saturated rings. The van der Waals surface area contributed by atoms with E-state index in [1.165, 1.54) is 15.6 Å². The first kappa shape index (κ1) is 13.3. The van der Waals surface area contributed by atoms with Crippen molar-refractivity contribution in [3.05, 3.63) is 52.7 Å². The molecule has 1 N–H and O–H groups in total. The average Bonchev–Trinajstić information content (AvgIpc) is 3.03. The normalized spacial score (nSPS) is 12.9. The largest absolute Gasteiger partial charge is 0.388 e. The molecule has 0 radical (unpaired) electrons. The van der Waals surface area contributed by atoms with Gasteiger partial charge in [-0.25, -0.2) is 0 Å². The summed E-state index contributed by atoms with van der Waals surface area (Å²) in [6.45, 7) is 2.07. The molecule has 3 aromatic rings. The Hall–Kier alpha value is -1.65. The summed E-state index contributed by atoms with van der Waals surface area (Å²) < 4.78 is 3.06. The van der Waals surface area contributed by atoms with Crippen LogP contribution in [0.3, 0.4) is 0 Å². The quantitative estimate of drug-likeness (QED) is 0.797. The maximum atomic E-state index is 10.5. The van der Waals surface area contributed by atoms with E-state index in [2.05, 4.69) is 35.6 Å². The molecule has 0 amide bonds. The Bertz CT molecular complexity index is 729. The lowest BCUT2D eigenvalue weighted by atomic mass is 10.0. The van der Waals surface area contributed by atoms with E-state index < -0.39 is 6.10 Å². The van der Waals surface area contributed by atoms with Crippen LogP contribution >= 0.6 is 11.3 Å². The molecular weight excluding hydrogens is 268 g/mol. The second-order valence-corrected chi connectivity index (χ2v) is 5.95. The molecule has 0 saturated carbocycles. The number of aliphatic hydroxyl groups is 1. The number of hydrogen-bond acceptors (Lipinski definition) is 3. The summed E-state index contributed by atoms with van der Waals surface area (Å²) in [5.74, 6) is 0. The van der Waals surface area contributed by atoms with Gasteiger partial charge in [-0.3, -0.25) is 4.68 Å². The average molecular weight is 286 g/mol. The molecule has 3 rings (SSSR count). The molecule has 0 bridgehead atoms. The second kappa shape index (κ2) is 5.38. The maximum absolute atomic E-state index is 10.5. The van der Waals surface area contributed by atoms with Crippen molar-refractivity contribution in [2.24, 2.45) is 7.05 Å². The summed E-state index contributed by atoms with van der Waals surface area (Å²) in [6, 6.07) is 8.34. The highest BCUT2D eigenvalue weighted by molar-refractivity contribution is 7.17. The van der Waals surface area contributed by atoms with Crippen LogP contribution in [0.2, 0.25) is 0 Å². The van der Waals surface area contributed by atoms with Crippen LogP contribution in [-0.2, 0) is 19.9 Å². The van der Waals surface area contributed by atoms with Gasteiger partial charge in [0.2, 0.25) is 0 Å². The lowest BCUT2D eigenvalue weighted by molar-refractivity contribution is 0.178. The number of hydrogen-bond donors (Lipinski definition) is 1. The summed E-state index contributed by atoms with van der Waals surface area (Å²) in [5.41, 5.74) is 3.15. The highest BCUT2D eigenvalue weighted by atomic mass is 32.1. The lowest BCUT2D eigenvalue weighted by Gasteiger charge is -2.09. The van der Waals surface area contributed by atoms with E-state index in [-0.39, 0.29) is 0 Å². The molecule has 20 heavy (non-hydrogen) atoms. The second-order valence-electron chi connectivity index (χ2n) is 5.04. The molecule has 1 atom stereocenters. The minimum atomic E-state index is -0.489. The molecule has 0 aliphatic heterocycles. The van der Waals surface area contributed by atoms with Gasteiger partial charge in [0.1, 0.15) is 0 Å². The van der Waals surface area contributed by atoms with E-state index in [4.69, 9.17) is 0 Å². The van der Waals surface area contributed by atoms with Crippen molar-refractivity contribution in [2.45, 2.75) is 25.9 Å². The molecular formula is C16H18N2OS. The van der Waals surface area contributed by atoms with Gasteiger partial charge >= 0.3 is 0 Å². The fourth-order valence-electron chi connectivity index (χ4n) is 2.62. The van der Waals surface area contributed by atoms with Gasteiger partial charge in [-0.15, -0.1) is 11.3 Å². The van der Waals surface area contributed by atoms with Gasteiger partial charge in [0.25, 0.3) is 0 Å². The Morgan fingerprint density at radius 3 is 2.95 bits per heavy atom. The predicted molar refractivity (Wildman–Crippen MR) is 83.1 cm³/mol. The van der Waals surface area contributed by atoms with Crippen LogP contribution in [0.1, 0.15) is 29.8 Å². The van der Waals surface area contributed by atoms with Crippen molar-refractivity contribution in [1.29, 1.82) is 0 Å². The van der Waals surface area contributed by atoms with Crippen molar-refractivity contribution in [2.75, 3.05) is 0 Å². The van der Waals surface area contributed by atoms with Gasteiger partial charge in [-0.05, 0) is 28.8 Å². The van der Waals surface area contributed by atoms with Gasteiger partial charge < -0.3 is 5.11 Å². The van der Waals surface area contributed by atoms with Gasteiger partial charge in [-0.2, -0.15) is 5.10 Å². The lowest BCUT2D eigenvalue weighted by Crippen LogP contribution is -2.03. The summed E-state index contributed by atoms with van der Waals surface area (Å²) in [7, 11) is 1.90. The van der Waals surface area contributed by atoms with Crippen molar-refractivity contribution >= 4 is 21.4 Å². The smallest absolute Gasteiger partial charge is 0.0864 e. The molecule has 2 heterocycles. The predicted octanol–water partition coefficient (Wildman–Crippen LogP) is 3.47. The van der Waals surface area contributed by atoms with Gasteiger partial charge in [0.05, 0.1) is 11.8 Å². The van der Waals surface area contributed by atoms with Crippen LogP contribution in [0.15, 0.2) is 35.8 Å². The minimum absolute atomic E-state index is 0.489. The third-order valence-electron chi connectivity index (χ3n) is 3.61. The Kier molecular flexibility index (Phi) is 3.59.